The summed E-state index contributed by atoms with van der Waals surface area (Å²) in [5, 5.41) is 0. The van der Waals surface area contributed by atoms with Crippen LogP contribution in [0.15, 0.2) is 4.99 Å². The minimum absolute atomic E-state index is 0.665. The van der Waals surface area contributed by atoms with E-state index >= 15 is 0 Å². The molecule has 0 aromatic heterocycles. The van der Waals surface area contributed by atoms with Gasteiger partial charge in [-0.2, -0.15) is 0 Å². The molecule has 4 heteroatoms. The Balaban J connectivity index is 3.52. The molecule has 0 bridgehead atoms. The van der Waals surface area contributed by atoms with Gasteiger partial charge in [-0.15, -0.1) is 0 Å². The van der Waals surface area contributed by atoms with Crippen molar-refractivity contribution in [3.05, 3.63) is 0 Å². The number of aliphatic imine (C=N–C) groups is 1. The van der Waals surface area contributed by atoms with Crippen molar-refractivity contribution in [2.75, 3.05) is 26.9 Å². The summed E-state index contributed by atoms with van der Waals surface area (Å²) >= 11 is 0. The summed E-state index contributed by atoms with van der Waals surface area (Å²) in [7, 11) is 0.847. The molecule has 0 heterocycles. The van der Waals surface area contributed by atoms with Crippen LogP contribution in [0.4, 0.5) is 0 Å². The van der Waals surface area contributed by atoms with Crippen LogP contribution < -0.4 is 0 Å². The average molecular weight is 216 g/mol. The van der Waals surface area contributed by atoms with E-state index in [-0.39, 0.29) is 0 Å². The van der Waals surface area contributed by atoms with Gasteiger partial charge in [-0.3, -0.25) is 4.99 Å². The maximum absolute atomic E-state index is 5.58. The number of rotatable bonds is 7. The maximum atomic E-state index is 5.58. The predicted octanol–water partition coefficient (Wildman–Crippen LogP) is 2.28. The summed E-state index contributed by atoms with van der Waals surface area (Å²) in [5.41, 5.74) is 0. The van der Waals surface area contributed by atoms with Crippen molar-refractivity contribution < 1.29 is 4.74 Å². The molecule has 0 aliphatic carbocycles. The van der Waals surface area contributed by atoms with Gasteiger partial charge in [-0.25, -0.2) is 0 Å². The molecule has 0 radical (unpaired) electrons. The van der Waals surface area contributed by atoms with Crippen LogP contribution in [0.25, 0.3) is 0 Å². The highest BCUT2D eigenvalue weighted by molar-refractivity contribution is 6.76. The molecular formula is C10H24N2OSi. The smallest absolute Gasteiger partial charge is 0.119 e. The second-order valence-corrected chi connectivity index (χ2v) is 10.2. The van der Waals surface area contributed by atoms with Crippen molar-refractivity contribution in [2.24, 2.45) is 4.99 Å². The molecule has 0 aliphatic rings. The number of nitrogens with zero attached hydrogens (tertiary/aromatic N) is 2. The SMILES string of the molecule is CCN(C=NC)COCC[Si](C)(C)C. The number of hydrogen-bond donors (Lipinski definition) is 0. The Bertz CT molecular complexity index is 166. The molecule has 0 fully saturated rings. The minimum Gasteiger partial charge on any atom is -0.361 e. The molecule has 0 N–H and O–H groups in total. The lowest BCUT2D eigenvalue weighted by Gasteiger charge is -2.19. The number of hydrogen-bond acceptors (Lipinski definition) is 2. The molecule has 0 atom stereocenters. The molecule has 0 rings (SSSR count). The van der Waals surface area contributed by atoms with Crippen molar-refractivity contribution in [1.29, 1.82) is 0 Å². The quantitative estimate of drug-likeness (QED) is 0.214. The second-order valence-electron chi connectivity index (χ2n) is 4.63. The van der Waals surface area contributed by atoms with Crippen LogP contribution in [-0.4, -0.2) is 46.2 Å². The first-order valence-electron chi connectivity index (χ1n) is 5.23. The van der Waals surface area contributed by atoms with Crippen molar-refractivity contribution in [3.63, 3.8) is 0 Å². The molecule has 84 valence electrons. The zero-order chi connectivity index (χ0) is 11.0. The van der Waals surface area contributed by atoms with E-state index in [1.807, 2.05) is 6.34 Å². The predicted molar refractivity (Wildman–Crippen MR) is 65.8 cm³/mol. The largest absolute Gasteiger partial charge is 0.361 e. The first-order chi connectivity index (χ1) is 6.49. The fourth-order valence-electron chi connectivity index (χ4n) is 0.930. The van der Waals surface area contributed by atoms with E-state index in [2.05, 4.69) is 36.5 Å². The van der Waals surface area contributed by atoms with Crippen molar-refractivity contribution in [1.82, 2.24) is 4.90 Å². The van der Waals surface area contributed by atoms with Crippen LogP contribution >= 0.6 is 0 Å². The van der Waals surface area contributed by atoms with E-state index in [0.717, 1.165) is 13.2 Å². The van der Waals surface area contributed by atoms with E-state index in [4.69, 9.17) is 4.74 Å². The lowest BCUT2D eigenvalue weighted by molar-refractivity contribution is 0.0783. The molecular weight excluding hydrogens is 192 g/mol. The van der Waals surface area contributed by atoms with Gasteiger partial charge in [-0.1, -0.05) is 19.6 Å². The Morgan fingerprint density at radius 2 is 2.00 bits per heavy atom. The van der Waals surface area contributed by atoms with Crippen molar-refractivity contribution >= 4 is 14.4 Å². The molecule has 0 aliphatic heterocycles. The van der Waals surface area contributed by atoms with Gasteiger partial charge < -0.3 is 9.64 Å². The normalized spacial score (nSPS) is 12.4. The number of ether oxygens (including phenoxy) is 1. The Labute approximate surface area is 89.2 Å². The highest BCUT2D eigenvalue weighted by Crippen LogP contribution is 2.07. The molecule has 14 heavy (non-hydrogen) atoms. The summed E-state index contributed by atoms with van der Waals surface area (Å²) in [6.45, 7) is 11.7. The van der Waals surface area contributed by atoms with Gasteiger partial charge in [0.15, 0.2) is 0 Å². The van der Waals surface area contributed by atoms with Gasteiger partial charge >= 0.3 is 0 Å². The van der Waals surface area contributed by atoms with Crippen LogP contribution in [0.1, 0.15) is 6.92 Å². The third-order valence-corrected chi connectivity index (χ3v) is 3.64. The van der Waals surface area contributed by atoms with Crippen LogP contribution in [0.3, 0.4) is 0 Å². The van der Waals surface area contributed by atoms with Crippen molar-refractivity contribution in [3.8, 4) is 0 Å². The first-order valence-corrected chi connectivity index (χ1v) is 8.94. The molecule has 0 aromatic rings. The van der Waals surface area contributed by atoms with E-state index < -0.39 is 8.07 Å². The Kier molecular flexibility index (Phi) is 6.83. The van der Waals surface area contributed by atoms with Gasteiger partial charge in [0, 0.05) is 28.3 Å². The summed E-state index contributed by atoms with van der Waals surface area (Å²) < 4.78 is 5.58. The highest BCUT2D eigenvalue weighted by Gasteiger charge is 2.12. The summed E-state index contributed by atoms with van der Waals surface area (Å²) in [6, 6.07) is 1.23. The zero-order valence-electron chi connectivity index (χ0n) is 10.2. The lowest BCUT2D eigenvalue weighted by Crippen LogP contribution is -2.27. The Morgan fingerprint density at radius 3 is 2.43 bits per heavy atom. The molecule has 0 amide bonds. The Morgan fingerprint density at radius 1 is 1.36 bits per heavy atom. The fraction of sp³-hybridized carbons (Fsp3) is 0.900. The molecule has 0 spiro atoms. The van der Waals surface area contributed by atoms with Gasteiger partial charge in [-0.05, 0) is 13.0 Å². The minimum atomic E-state index is -0.935. The lowest BCUT2D eigenvalue weighted by atomic mass is 10.6. The van der Waals surface area contributed by atoms with Gasteiger partial charge in [0.2, 0.25) is 0 Å². The summed E-state index contributed by atoms with van der Waals surface area (Å²) in [6.07, 6.45) is 1.83. The molecule has 0 unspecified atom stereocenters. The van der Waals surface area contributed by atoms with Gasteiger partial charge in [0.1, 0.15) is 6.73 Å². The maximum Gasteiger partial charge on any atom is 0.119 e. The van der Waals surface area contributed by atoms with Gasteiger partial charge in [0.25, 0.3) is 0 Å². The zero-order valence-corrected chi connectivity index (χ0v) is 11.2. The van der Waals surface area contributed by atoms with E-state index in [9.17, 15) is 0 Å². The van der Waals surface area contributed by atoms with Crippen LogP contribution in [0.2, 0.25) is 25.7 Å². The molecule has 0 aromatic carbocycles. The first kappa shape index (κ1) is 13.6. The second kappa shape index (κ2) is 7.01. The third kappa shape index (κ3) is 8.25. The average Bonchev–Trinajstić information content (AvgIpc) is 2.08. The van der Waals surface area contributed by atoms with Crippen LogP contribution in [0.5, 0.6) is 0 Å². The van der Waals surface area contributed by atoms with Crippen molar-refractivity contribution in [2.45, 2.75) is 32.6 Å². The monoisotopic (exact) mass is 216 g/mol. The molecule has 0 saturated heterocycles. The van der Waals surface area contributed by atoms with Crippen LogP contribution in [0, 0.1) is 0 Å². The van der Waals surface area contributed by atoms with Crippen LogP contribution in [-0.2, 0) is 4.74 Å². The fourth-order valence-corrected chi connectivity index (χ4v) is 1.69. The topological polar surface area (TPSA) is 24.8 Å². The summed E-state index contributed by atoms with van der Waals surface area (Å²) in [4.78, 5) is 6.02. The van der Waals surface area contributed by atoms with Gasteiger partial charge in [0.05, 0.1) is 6.34 Å². The standard InChI is InChI=1S/C10H24N2OSi/c1-6-12(9-11-2)10-13-7-8-14(3,4)5/h9H,6-8,10H2,1-5H3. The van der Waals surface area contributed by atoms with E-state index in [1.54, 1.807) is 7.05 Å². The van der Waals surface area contributed by atoms with E-state index in [1.165, 1.54) is 6.04 Å². The summed E-state index contributed by atoms with van der Waals surface area (Å²) in [5.74, 6) is 0. The molecule has 0 saturated carbocycles. The van der Waals surface area contributed by atoms with E-state index in [0.29, 0.717) is 6.73 Å². The highest BCUT2D eigenvalue weighted by atomic mass is 28.3. The molecule has 3 nitrogen and oxygen atoms in total. The third-order valence-electron chi connectivity index (χ3n) is 1.94. The Hall–Kier alpha value is -0.353.